The van der Waals surface area contributed by atoms with Gasteiger partial charge in [0.1, 0.15) is 18.1 Å². The molecule has 1 fully saturated rings. The monoisotopic (exact) mass is 755 g/mol. The summed E-state index contributed by atoms with van der Waals surface area (Å²) in [4.78, 5) is 29.0. The van der Waals surface area contributed by atoms with Gasteiger partial charge in [-0.3, -0.25) is 14.5 Å². The number of unbranched alkanes of at least 4 members (excludes halogenated alkanes) is 2. The van der Waals surface area contributed by atoms with Gasteiger partial charge in [0.15, 0.2) is 15.8 Å². The summed E-state index contributed by atoms with van der Waals surface area (Å²) in [6.07, 6.45) is 3.00. The van der Waals surface area contributed by atoms with Crippen LogP contribution in [0.4, 0.5) is 5.13 Å². The molecule has 12 heteroatoms. The van der Waals surface area contributed by atoms with Gasteiger partial charge in [-0.2, -0.15) is 0 Å². The molecular weight excluding hydrogens is 718 g/mol. The lowest BCUT2D eigenvalue weighted by molar-refractivity contribution is -0.132. The molecule has 1 aliphatic rings. The summed E-state index contributed by atoms with van der Waals surface area (Å²) in [5.74, 6) is 0.185. The Hall–Kier alpha value is -4.84. The maximum Gasteiger partial charge on any atom is 0.301 e. The highest BCUT2D eigenvalue weighted by Crippen LogP contribution is 2.46. The topological polar surface area (TPSA) is 111 Å². The predicted octanol–water partition coefficient (Wildman–Crippen LogP) is 9.58. The molecule has 0 saturated carbocycles. The van der Waals surface area contributed by atoms with Crippen LogP contribution >= 0.6 is 34.7 Å². The fraction of sp³-hybridized carbons (Fsp3) is 0.250. The van der Waals surface area contributed by atoms with Crippen molar-refractivity contribution in [3.63, 3.8) is 0 Å². The fourth-order valence-electron chi connectivity index (χ4n) is 5.73. The number of aliphatic hydroxyl groups excluding tert-OH is 1. The third kappa shape index (κ3) is 8.44. The zero-order valence-electron chi connectivity index (χ0n) is 29.0. The second-order valence-electron chi connectivity index (χ2n) is 12.1. The molecule has 1 saturated heterocycles. The molecule has 6 rings (SSSR count). The first kappa shape index (κ1) is 36.9. The number of rotatable bonds is 15. The highest BCUT2D eigenvalue weighted by molar-refractivity contribution is 8.00. The van der Waals surface area contributed by atoms with E-state index in [2.05, 4.69) is 17.1 Å². The molecule has 0 aliphatic carbocycles. The van der Waals surface area contributed by atoms with Crippen molar-refractivity contribution >= 4 is 57.3 Å². The van der Waals surface area contributed by atoms with E-state index in [0.29, 0.717) is 56.7 Å². The molecule has 1 aromatic heterocycles. The average molecular weight is 756 g/mol. The first-order valence-electron chi connectivity index (χ1n) is 16.9. The van der Waals surface area contributed by atoms with Crippen molar-refractivity contribution in [1.29, 1.82) is 0 Å². The van der Waals surface area contributed by atoms with Gasteiger partial charge in [-0.05, 0) is 84.1 Å². The van der Waals surface area contributed by atoms with Gasteiger partial charge in [0.2, 0.25) is 5.13 Å². The van der Waals surface area contributed by atoms with Crippen LogP contribution in [0.2, 0.25) is 5.02 Å². The van der Waals surface area contributed by atoms with Crippen LogP contribution in [0.15, 0.2) is 101 Å². The maximum absolute atomic E-state index is 13.9. The van der Waals surface area contributed by atoms with Crippen LogP contribution in [-0.2, 0) is 21.9 Å². The summed E-state index contributed by atoms with van der Waals surface area (Å²) in [5, 5.41) is 21.3. The summed E-state index contributed by atoms with van der Waals surface area (Å²) in [5.41, 5.74) is 4.03. The Labute approximate surface area is 316 Å². The number of carbonyl (C=O) groups excluding carboxylic acids is 2. The van der Waals surface area contributed by atoms with Crippen LogP contribution in [0, 0.1) is 6.92 Å². The van der Waals surface area contributed by atoms with E-state index in [4.69, 9.17) is 25.8 Å². The Morgan fingerprint density at radius 3 is 2.44 bits per heavy atom. The smallest absolute Gasteiger partial charge is 0.301 e. The summed E-state index contributed by atoms with van der Waals surface area (Å²) in [6.45, 7) is 5.05. The molecule has 1 amide bonds. The lowest BCUT2D eigenvalue weighted by Gasteiger charge is -2.23. The van der Waals surface area contributed by atoms with E-state index >= 15 is 0 Å². The van der Waals surface area contributed by atoms with Crippen LogP contribution in [-0.4, -0.2) is 40.7 Å². The summed E-state index contributed by atoms with van der Waals surface area (Å²) >= 11 is 8.69. The molecule has 1 N–H and O–H groups in total. The van der Waals surface area contributed by atoms with E-state index in [1.54, 1.807) is 42.5 Å². The van der Waals surface area contributed by atoms with Crippen LogP contribution < -0.4 is 19.1 Å². The number of hydrogen-bond donors (Lipinski definition) is 1. The number of Topliss-reactive ketones (excluding diaryl/α,β-unsaturated/α-hetero) is 1. The lowest BCUT2D eigenvalue weighted by Crippen LogP contribution is -2.29. The Balaban J connectivity index is 1.33. The van der Waals surface area contributed by atoms with Gasteiger partial charge in [-0.1, -0.05) is 96.9 Å². The molecular formula is C40H38ClN3O6S2. The van der Waals surface area contributed by atoms with Gasteiger partial charge < -0.3 is 19.3 Å². The number of benzene rings is 4. The number of aliphatic hydroxyl groups is 1. The summed E-state index contributed by atoms with van der Waals surface area (Å²) < 4.78 is 18.3. The van der Waals surface area contributed by atoms with Crippen LogP contribution in [0.5, 0.6) is 17.2 Å². The second kappa shape index (κ2) is 17.1. The number of nitrogens with zero attached hydrogens (tertiary/aromatic N) is 3. The molecule has 0 bridgehead atoms. The van der Waals surface area contributed by atoms with Gasteiger partial charge in [-0.25, -0.2) is 0 Å². The van der Waals surface area contributed by atoms with Gasteiger partial charge in [0.25, 0.3) is 5.78 Å². The van der Waals surface area contributed by atoms with Crippen molar-refractivity contribution in [3.05, 3.63) is 129 Å². The van der Waals surface area contributed by atoms with Crippen molar-refractivity contribution in [2.75, 3.05) is 18.6 Å². The number of carbonyl (C=O) groups is 2. The number of ketones is 1. The number of aromatic nitrogens is 2. The standard InChI is InChI=1S/C40H38ClN3O6S2/c1-4-5-8-21-49-32-20-15-28(22-33(32)48-3)35-34(36(45)27-13-18-31(19-14-27)50-23-29-10-7-6-9-25(29)2)37(46)38(47)44(35)39-42-43-40(52-39)51-24-26-11-16-30(41)17-12-26/h6-7,9-20,22,35,45H,4-5,8,21,23-24H2,1-3H3/b36-34+. The molecule has 2 heterocycles. The maximum atomic E-state index is 13.9. The minimum atomic E-state index is -1.03. The normalized spacial score (nSPS) is 15.2. The zero-order valence-corrected chi connectivity index (χ0v) is 31.4. The number of ether oxygens (including phenoxy) is 3. The lowest BCUT2D eigenvalue weighted by atomic mass is 9.95. The van der Waals surface area contributed by atoms with E-state index in [9.17, 15) is 14.7 Å². The van der Waals surface area contributed by atoms with Crippen LogP contribution in [0.25, 0.3) is 5.76 Å². The number of aryl methyl sites for hydroxylation is 1. The van der Waals surface area contributed by atoms with Gasteiger partial charge in [-0.15, -0.1) is 10.2 Å². The minimum absolute atomic E-state index is 0.0807. The zero-order chi connectivity index (χ0) is 36.6. The van der Waals surface area contributed by atoms with E-state index in [1.807, 2.05) is 55.5 Å². The highest BCUT2D eigenvalue weighted by Gasteiger charge is 2.48. The van der Waals surface area contributed by atoms with Crippen molar-refractivity contribution in [2.24, 2.45) is 0 Å². The highest BCUT2D eigenvalue weighted by atomic mass is 35.5. The second-order valence-corrected chi connectivity index (χ2v) is 14.8. The third-order valence-corrected chi connectivity index (χ3v) is 11.0. The van der Waals surface area contributed by atoms with Crippen LogP contribution in [0.3, 0.4) is 0 Å². The van der Waals surface area contributed by atoms with E-state index in [1.165, 1.54) is 35.1 Å². The Bertz CT molecular complexity index is 2070. The number of anilines is 1. The molecule has 1 unspecified atom stereocenters. The number of amides is 1. The third-order valence-electron chi connectivity index (χ3n) is 8.61. The Kier molecular flexibility index (Phi) is 12.2. The molecule has 5 aromatic rings. The van der Waals surface area contributed by atoms with Gasteiger partial charge >= 0.3 is 5.91 Å². The minimum Gasteiger partial charge on any atom is -0.507 e. The molecule has 1 atom stereocenters. The molecule has 9 nitrogen and oxygen atoms in total. The summed E-state index contributed by atoms with van der Waals surface area (Å²) in [6, 6.07) is 26.5. The number of thioether (sulfide) groups is 1. The number of halogens is 1. The predicted molar refractivity (Wildman–Crippen MR) is 206 cm³/mol. The van der Waals surface area contributed by atoms with E-state index in [-0.39, 0.29) is 16.5 Å². The largest absolute Gasteiger partial charge is 0.507 e. The Morgan fingerprint density at radius 2 is 1.71 bits per heavy atom. The molecule has 4 aromatic carbocycles. The fourth-order valence-corrected chi connectivity index (χ4v) is 7.68. The van der Waals surface area contributed by atoms with Crippen molar-refractivity contribution in [3.8, 4) is 17.2 Å². The number of methoxy groups -OCH3 is 1. The molecule has 268 valence electrons. The van der Waals surface area contributed by atoms with Crippen molar-refractivity contribution < 1.29 is 28.9 Å². The van der Waals surface area contributed by atoms with Gasteiger partial charge in [0.05, 0.1) is 25.3 Å². The van der Waals surface area contributed by atoms with Crippen molar-refractivity contribution in [2.45, 2.75) is 55.9 Å². The first-order valence-corrected chi connectivity index (χ1v) is 19.1. The van der Waals surface area contributed by atoms with Crippen molar-refractivity contribution in [1.82, 2.24) is 10.2 Å². The van der Waals surface area contributed by atoms with Gasteiger partial charge in [0, 0.05) is 16.3 Å². The molecule has 0 radical (unpaired) electrons. The van der Waals surface area contributed by atoms with E-state index < -0.39 is 17.7 Å². The molecule has 1 aliphatic heterocycles. The van der Waals surface area contributed by atoms with E-state index in [0.717, 1.165) is 36.0 Å². The molecule has 0 spiro atoms. The quantitative estimate of drug-likeness (QED) is 0.0279. The first-order chi connectivity index (χ1) is 25.3. The SMILES string of the molecule is CCCCCOc1ccc(C2/C(=C(\O)c3ccc(OCc4ccccc4C)cc3)C(=O)C(=O)N2c2nnc(SCc3ccc(Cl)cc3)s2)cc1OC. The molecule has 52 heavy (non-hydrogen) atoms. The number of hydrogen-bond acceptors (Lipinski definition) is 10. The summed E-state index contributed by atoms with van der Waals surface area (Å²) in [7, 11) is 1.53. The Morgan fingerprint density at radius 1 is 0.942 bits per heavy atom. The average Bonchev–Trinajstić information content (AvgIpc) is 3.74. The van der Waals surface area contributed by atoms with Crippen LogP contribution in [0.1, 0.15) is 60.0 Å².